The quantitative estimate of drug-likeness (QED) is 0.851. The van der Waals surface area contributed by atoms with E-state index in [2.05, 4.69) is 20.8 Å². The molecule has 0 spiro atoms. The van der Waals surface area contributed by atoms with Gasteiger partial charge in [-0.2, -0.15) is 0 Å². The van der Waals surface area contributed by atoms with Crippen LogP contribution in [-0.2, 0) is 4.79 Å². The van der Waals surface area contributed by atoms with Crippen LogP contribution in [0.3, 0.4) is 0 Å². The molecule has 0 aromatic heterocycles. The van der Waals surface area contributed by atoms with Crippen LogP contribution in [0.5, 0.6) is 0 Å². The molecule has 0 aliphatic carbocycles. The number of benzene rings is 1. The number of hydrogen-bond donors (Lipinski definition) is 1. The summed E-state index contributed by atoms with van der Waals surface area (Å²) in [4.78, 5) is 14.6. The van der Waals surface area contributed by atoms with Gasteiger partial charge in [-0.1, -0.05) is 28.1 Å². The van der Waals surface area contributed by atoms with Crippen LogP contribution in [0.2, 0.25) is 0 Å². The molecule has 1 aliphatic rings. The lowest BCUT2D eigenvalue weighted by Gasteiger charge is -2.33. The lowest BCUT2D eigenvalue weighted by molar-refractivity contribution is -0.119. The van der Waals surface area contributed by atoms with Gasteiger partial charge in [-0.15, -0.1) is 0 Å². The number of β-amino-alcohol motifs (C(OH)–C–C–N with tert-alkyl or cyclic N) is 1. The maximum atomic E-state index is 10.6. The fourth-order valence-corrected chi connectivity index (χ4v) is 2.53. The molecule has 1 atom stereocenters. The van der Waals surface area contributed by atoms with Crippen LogP contribution in [0.25, 0.3) is 0 Å². The van der Waals surface area contributed by atoms with E-state index in [1.54, 1.807) is 4.90 Å². The molecular formula is C13H17BrN2O2. The summed E-state index contributed by atoms with van der Waals surface area (Å²) in [5, 5.41) is 10.2. The van der Waals surface area contributed by atoms with Crippen molar-refractivity contribution in [2.75, 3.05) is 32.7 Å². The van der Waals surface area contributed by atoms with E-state index in [4.69, 9.17) is 0 Å². The van der Waals surface area contributed by atoms with Crippen molar-refractivity contribution in [1.29, 1.82) is 0 Å². The van der Waals surface area contributed by atoms with E-state index in [0.717, 1.165) is 42.6 Å². The molecule has 1 unspecified atom stereocenters. The van der Waals surface area contributed by atoms with E-state index in [-0.39, 0.29) is 0 Å². The summed E-state index contributed by atoms with van der Waals surface area (Å²) in [5.74, 6) is 0. The number of halogens is 1. The van der Waals surface area contributed by atoms with Gasteiger partial charge in [0.1, 0.15) is 0 Å². The third kappa shape index (κ3) is 3.54. The predicted molar refractivity (Wildman–Crippen MR) is 73.2 cm³/mol. The average molecular weight is 313 g/mol. The van der Waals surface area contributed by atoms with Crippen molar-refractivity contribution in [3.05, 3.63) is 34.3 Å². The first-order valence-electron chi connectivity index (χ1n) is 6.04. The predicted octanol–water partition coefficient (Wildman–Crippen LogP) is 1.26. The molecule has 98 valence electrons. The molecule has 1 fully saturated rings. The molecule has 0 radical (unpaired) electrons. The topological polar surface area (TPSA) is 43.8 Å². The molecule has 0 bridgehead atoms. The Morgan fingerprint density at radius 3 is 2.67 bits per heavy atom. The molecule has 1 saturated heterocycles. The number of piperazine rings is 1. The number of amides is 1. The van der Waals surface area contributed by atoms with Crippen molar-refractivity contribution in [3.8, 4) is 0 Å². The summed E-state index contributed by atoms with van der Waals surface area (Å²) in [6.07, 6.45) is 0.410. The van der Waals surface area contributed by atoms with Crippen LogP contribution in [0.4, 0.5) is 0 Å². The maximum absolute atomic E-state index is 10.6. The van der Waals surface area contributed by atoms with Crippen LogP contribution in [-0.4, -0.2) is 54.0 Å². The second-order valence-corrected chi connectivity index (χ2v) is 5.43. The zero-order chi connectivity index (χ0) is 13.0. The summed E-state index contributed by atoms with van der Waals surface area (Å²) >= 11 is 3.40. The van der Waals surface area contributed by atoms with Gasteiger partial charge in [-0.3, -0.25) is 9.69 Å². The SMILES string of the molecule is O=CN1CCN(CC(O)c2cccc(Br)c2)CC1. The number of hydrogen-bond acceptors (Lipinski definition) is 3. The molecule has 4 nitrogen and oxygen atoms in total. The Morgan fingerprint density at radius 2 is 2.06 bits per heavy atom. The Hall–Kier alpha value is -0.910. The first kappa shape index (κ1) is 13.5. The second-order valence-electron chi connectivity index (χ2n) is 4.51. The first-order valence-corrected chi connectivity index (χ1v) is 6.83. The number of nitrogens with zero attached hydrogens (tertiary/aromatic N) is 2. The largest absolute Gasteiger partial charge is 0.387 e. The van der Waals surface area contributed by atoms with E-state index in [1.807, 2.05) is 24.3 Å². The molecule has 1 N–H and O–H groups in total. The van der Waals surface area contributed by atoms with Gasteiger partial charge in [0.05, 0.1) is 6.10 Å². The van der Waals surface area contributed by atoms with Crippen molar-refractivity contribution in [2.24, 2.45) is 0 Å². The van der Waals surface area contributed by atoms with Crippen LogP contribution >= 0.6 is 15.9 Å². The summed E-state index contributed by atoms with van der Waals surface area (Å²) in [7, 11) is 0. The monoisotopic (exact) mass is 312 g/mol. The Balaban J connectivity index is 1.88. The molecular weight excluding hydrogens is 296 g/mol. The number of aliphatic hydroxyl groups is 1. The fourth-order valence-electron chi connectivity index (χ4n) is 2.12. The van der Waals surface area contributed by atoms with Crippen molar-refractivity contribution >= 4 is 22.3 Å². The number of carbonyl (C=O) groups excluding carboxylic acids is 1. The zero-order valence-corrected chi connectivity index (χ0v) is 11.7. The van der Waals surface area contributed by atoms with Crippen LogP contribution in [0, 0.1) is 0 Å². The van der Waals surface area contributed by atoms with Crippen molar-refractivity contribution in [1.82, 2.24) is 9.80 Å². The molecule has 0 saturated carbocycles. The van der Waals surface area contributed by atoms with E-state index in [1.165, 1.54) is 0 Å². The molecule has 5 heteroatoms. The van der Waals surface area contributed by atoms with Gasteiger partial charge in [-0.25, -0.2) is 0 Å². The fraction of sp³-hybridized carbons (Fsp3) is 0.462. The highest BCUT2D eigenvalue weighted by Crippen LogP contribution is 2.19. The summed E-state index contributed by atoms with van der Waals surface area (Å²) in [6, 6.07) is 7.73. The van der Waals surface area contributed by atoms with Gasteiger partial charge in [0, 0.05) is 37.2 Å². The van der Waals surface area contributed by atoms with Gasteiger partial charge in [0.25, 0.3) is 0 Å². The van der Waals surface area contributed by atoms with Gasteiger partial charge >= 0.3 is 0 Å². The first-order chi connectivity index (χ1) is 8.69. The zero-order valence-electron chi connectivity index (χ0n) is 10.1. The Labute approximate surface area is 115 Å². The van der Waals surface area contributed by atoms with Gasteiger partial charge in [0.15, 0.2) is 0 Å². The molecule has 1 aliphatic heterocycles. The number of aliphatic hydroxyl groups excluding tert-OH is 1. The molecule has 18 heavy (non-hydrogen) atoms. The summed E-state index contributed by atoms with van der Waals surface area (Å²) in [6.45, 7) is 3.75. The minimum Gasteiger partial charge on any atom is -0.387 e. The highest BCUT2D eigenvalue weighted by molar-refractivity contribution is 9.10. The van der Waals surface area contributed by atoms with Crippen molar-refractivity contribution in [2.45, 2.75) is 6.10 Å². The number of rotatable bonds is 4. The van der Waals surface area contributed by atoms with Crippen LogP contribution in [0.1, 0.15) is 11.7 Å². The van der Waals surface area contributed by atoms with Crippen LogP contribution in [0.15, 0.2) is 28.7 Å². The Morgan fingerprint density at radius 1 is 1.33 bits per heavy atom. The highest BCUT2D eigenvalue weighted by Gasteiger charge is 2.18. The Kier molecular flexibility index (Phi) is 4.74. The van der Waals surface area contributed by atoms with Gasteiger partial charge < -0.3 is 10.0 Å². The molecule has 2 rings (SSSR count). The van der Waals surface area contributed by atoms with E-state index in [9.17, 15) is 9.90 Å². The number of carbonyl (C=O) groups is 1. The standard InChI is InChI=1S/C13H17BrN2O2/c14-12-3-1-2-11(8-12)13(18)9-15-4-6-16(10-17)7-5-15/h1-3,8,10,13,18H,4-7,9H2. The normalized spacial score (nSPS) is 18.7. The van der Waals surface area contributed by atoms with Crippen molar-refractivity contribution in [3.63, 3.8) is 0 Å². The van der Waals surface area contributed by atoms with Crippen LogP contribution < -0.4 is 0 Å². The smallest absolute Gasteiger partial charge is 0.209 e. The lowest BCUT2D eigenvalue weighted by atomic mass is 10.1. The third-order valence-corrected chi connectivity index (χ3v) is 3.71. The molecule has 1 heterocycles. The maximum Gasteiger partial charge on any atom is 0.209 e. The lowest BCUT2D eigenvalue weighted by Crippen LogP contribution is -2.46. The van der Waals surface area contributed by atoms with Crippen molar-refractivity contribution < 1.29 is 9.90 Å². The molecule has 1 amide bonds. The van der Waals surface area contributed by atoms with Gasteiger partial charge in [-0.05, 0) is 17.7 Å². The average Bonchev–Trinajstić information content (AvgIpc) is 2.39. The minimum atomic E-state index is -0.481. The summed E-state index contributed by atoms with van der Waals surface area (Å²) < 4.78 is 0.977. The van der Waals surface area contributed by atoms with E-state index < -0.39 is 6.10 Å². The van der Waals surface area contributed by atoms with E-state index >= 15 is 0 Å². The minimum absolute atomic E-state index is 0.481. The molecule has 1 aromatic rings. The van der Waals surface area contributed by atoms with E-state index in [0.29, 0.717) is 6.54 Å². The molecule has 1 aromatic carbocycles. The van der Waals surface area contributed by atoms with Gasteiger partial charge in [0.2, 0.25) is 6.41 Å². The second kappa shape index (κ2) is 6.31. The Bertz CT molecular complexity index is 406. The third-order valence-electron chi connectivity index (χ3n) is 3.22. The highest BCUT2D eigenvalue weighted by atomic mass is 79.9. The summed E-state index contributed by atoms with van der Waals surface area (Å²) in [5.41, 5.74) is 0.919.